The second kappa shape index (κ2) is 6.52. The first kappa shape index (κ1) is 17.8. The minimum atomic E-state index is -0.629. The number of hydrogen-bond donors (Lipinski definition) is 2. The lowest BCUT2D eigenvalue weighted by atomic mass is 10.1. The number of amides is 3. The van der Waals surface area contributed by atoms with Crippen molar-refractivity contribution in [2.75, 3.05) is 19.4 Å². The molecule has 1 heterocycles. The largest absolute Gasteiger partial charge is 0.505 e. The van der Waals surface area contributed by atoms with Gasteiger partial charge in [-0.05, 0) is 26.0 Å². The molecule has 1 aromatic carbocycles. The molecule has 24 heavy (non-hydrogen) atoms. The van der Waals surface area contributed by atoms with Gasteiger partial charge in [-0.2, -0.15) is 0 Å². The molecule has 0 fully saturated rings. The number of phenolic OH excluding ortho intramolecular Hbond substituents is 1. The standard InChI is InChI=1S/C16H18ClN3O4/c1-8(2)19(3)14(22)9-6-5-7-10(13(9)21)18-12-11(17)15(23)20(4)16(12)24/h5-8,18,21H,1-4H3. The number of carbonyl (C=O) groups is 3. The topological polar surface area (TPSA) is 90.0 Å². The number of nitrogens with one attached hydrogen (secondary N) is 1. The maximum absolute atomic E-state index is 12.4. The molecule has 1 aromatic rings. The highest BCUT2D eigenvalue weighted by atomic mass is 35.5. The molecule has 0 radical (unpaired) electrons. The van der Waals surface area contributed by atoms with Crippen LogP contribution < -0.4 is 5.32 Å². The fraction of sp³-hybridized carbons (Fsp3) is 0.312. The molecule has 2 N–H and O–H groups in total. The molecule has 0 saturated carbocycles. The number of halogens is 1. The minimum Gasteiger partial charge on any atom is -0.505 e. The Bertz CT molecular complexity index is 758. The number of rotatable bonds is 4. The van der Waals surface area contributed by atoms with Gasteiger partial charge in [0.15, 0.2) is 5.75 Å². The smallest absolute Gasteiger partial charge is 0.278 e. The zero-order chi connectivity index (χ0) is 18.2. The van der Waals surface area contributed by atoms with Crippen molar-refractivity contribution in [1.82, 2.24) is 9.80 Å². The highest BCUT2D eigenvalue weighted by Gasteiger charge is 2.35. The third-order valence-corrected chi connectivity index (χ3v) is 4.20. The van der Waals surface area contributed by atoms with Crippen LogP contribution >= 0.6 is 11.6 Å². The lowest BCUT2D eigenvalue weighted by Gasteiger charge is -2.22. The molecule has 8 heteroatoms. The van der Waals surface area contributed by atoms with Crippen molar-refractivity contribution in [2.24, 2.45) is 0 Å². The lowest BCUT2D eigenvalue weighted by Crippen LogP contribution is -2.33. The zero-order valence-electron chi connectivity index (χ0n) is 13.8. The van der Waals surface area contributed by atoms with Crippen LogP contribution in [0, 0.1) is 0 Å². The van der Waals surface area contributed by atoms with Crippen LogP contribution in [-0.2, 0) is 9.59 Å². The molecule has 0 saturated heterocycles. The monoisotopic (exact) mass is 351 g/mol. The van der Waals surface area contributed by atoms with Gasteiger partial charge in [-0.3, -0.25) is 19.3 Å². The predicted octanol–water partition coefficient (Wildman–Crippen LogP) is 1.73. The second-order valence-electron chi connectivity index (χ2n) is 5.69. The van der Waals surface area contributed by atoms with Crippen molar-refractivity contribution in [3.63, 3.8) is 0 Å². The molecule has 128 valence electrons. The van der Waals surface area contributed by atoms with E-state index in [1.165, 1.54) is 24.1 Å². The van der Waals surface area contributed by atoms with Gasteiger partial charge in [-0.1, -0.05) is 17.7 Å². The molecular formula is C16H18ClN3O4. The number of imide groups is 1. The fourth-order valence-corrected chi connectivity index (χ4v) is 2.35. The van der Waals surface area contributed by atoms with Gasteiger partial charge in [-0.15, -0.1) is 0 Å². The van der Waals surface area contributed by atoms with Crippen LogP contribution in [-0.4, -0.2) is 52.8 Å². The molecule has 1 aliphatic rings. The lowest BCUT2D eigenvalue weighted by molar-refractivity contribution is -0.135. The van der Waals surface area contributed by atoms with E-state index in [0.29, 0.717) is 0 Å². The summed E-state index contributed by atoms with van der Waals surface area (Å²) >= 11 is 5.86. The Morgan fingerprint density at radius 2 is 1.92 bits per heavy atom. The van der Waals surface area contributed by atoms with Crippen LogP contribution in [0.15, 0.2) is 28.9 Å². The van der Waals surface area contributed by atoms with E-state index in [9.17, 15) is 19.5 Å². The molecule has 0 spiro atoms. The quantitative estimate of drug-likeness (QED) is 0.637. The highest BCUT2D eigenvalue weighted by molar-refractivity contribution is 6.48. The van der Waals surface area contributed by atoms with Crippen LogP contribution in [0.25, 0.3) is 0 Å². The summed E-state index contributed by atoms with van der Waals surface area (Å²) in [5.74, 6) is -1.92. The molecule has 7 nitrogen and oxygen atoms in total. The Morgan fingerprint density at radius 1 is 1.29 bits per heavy atom. The van der Waals surface area contributed by atoms with Crippen molar-refractivity contribution in [3.05, 3.63) is 34.5 Å². The summed E-state index contributed by atoms with van der Waals surface area (Å²) in [5, 5.41) is 12.8. The number of hydrogen-bond acceptors (Lipinski definition) is 5. The zero-order valence-corrected chi connectivity index (χ0v) is 14.5. The molecule has 3 amide bonds. The number of likely N-dealkylation sites (N-methyl/N-ethyl adjacent to an activating group) is 1. The van der Waals surface area contributed by atoms with Gasteiger partial charge in [0.2, 0.25) is 0 Å². The number of nitrogens with zero attached hydrogens (tertiary/aromatic N) is 2. The van der Waals surface area contributed by atoms with E-state index in [0.717, 1.165) is 4.90 Å². The number of para-hydroxylation sites is 1. The SMILES string of the molecule is CC(C)N(C)C(=O)c1cccc(NC2=C(Cl)C(=O)N(C)C2=O)c1O. The summed E-state index contributed by atoms with van der Waals surface area (Å²) in [6.45, 7) is 3.69. The molecule has 2 rings (SSSR count). The third-order valence-electron chi connectivity index (χ3n) is 3.85. The summed E-state index contributed by atoms with van der Waals surface area (Å²) in [7, 11) is 2.93. The van der Waals surface area contributed by atoms with Crippen LogP contribution in [0.1, 0.15) is 24.2 Å². The first-order valence-corrected chi connectivity index (χ1v) is 7.63. The van der Waals surface area contributed by atoms with Crippen LogP contribution in [0.3, 0.4) is 0 Å². The van der Waals surface area contributed by atoms with Crippen molar-refractivity contribution < 1.29 is 19.5 Å². The molecule has 1 aliphatic heterocycles. The van der Waals surface area contributed by atoms with Crippen molar-refractivity contribution in [3.8, 4) is 5.75 Å². The highest BCUT2D eigenvalue weighted by Crippen LogP contribution is 2.32. The van der Waals surface area contributed by atoms with E-state index in [1.807, 2.05) is 13.8 Å². The number of anilines is 1. The first-order chi connectivity index (χ1) is 11.2. The van der Waals surface area contributed by atoms with E-state index < -0.39 is 11.8 Å². The predicted molar refractivity (Wildman–Crippen MR) is 89.6 cm³/mol. The van der Waals surface area contributed by atoms with E-state index >= 15 is 0 Å². The van der Waals surface area contributed by atoms with Gasteiger partial charge in [0.1, 0.15) is 10.7 Å². The summed E-state index contributed by atoms with van der Waals surface area (Å²) in [6, 6.07) is 4.47. The Morgan fingerprint density at radius 3 is 2.42 bits per heavy atom. The van der Waals surface area contributed by atoms with Gasteiger partial charge >= 0.3 is 0 Å². The average molecular weight is 352 g/mol. The van der Waals surface area contributed by atoms with Gasteiger partial charge in [0.25, 0.3) is 17.7 Å². The molecule has 0 atom stereocenters. The molecule has 0 aliphatic carbocycles. The first-order valence-electron chi connectivity index (χ1n) is 7.25. The maximum atomic E-state index is 12.4. The Labute approximate surface area is 144 Å². The minimum absolute atomic E-state index is 0.0478. The summed E-state index contributed by atoms with van der Waals surface area (Å²) in [5.41, 5.74) is 0.0573. The van der Waals surface area contributed by atoms with Gasteiger partial charge in [0.05, 0.1) is 11.3 Å². The maximum Gasteiger partial charge on any atom is 0.278 e. The van der Waals surface area contributed by atoms with E-state index in [4.69, 9.17) is 11.6 Å². The van der Waals surface area contributed by atoms with Crippen molar-refractivity contribution >= 4 is 35.0 Å². The fourth-order valence-electron chi connectivity index (χ4n) is 2.09. The van der Waals surface area contributed by atoms with Crippen LogP contribution in [0.5, 0.6) is 5.75 Å². The second-order valence-corrected chi connectivity index (χ2v) is 6.07. The normalized spacial score (nSPS) is 14.7. The number of aromatic hydroxyl groups is 1. The van der Waals surface area contributed by atoms with Gasteiger partial charge < -0.3 is 15.3 Å². The third kappa shape index (κ3) is 2.94. The summed E-state index contributed by atoms with van der Waals surface area (Å²) in [6.07, 6.45) is 0. The Balaban J connectivity index is 2.38. The summed E-state index contributed by atoms with van der Waals surface area (Å²) < 4.78 is 0. The molecule has 0 bridgehead atoms. The van der Waals surface area contributed by atoms with E-state index in [2.05, 4.69) is 5.32 Å². The van der Waals surface area contributed by atoms with Gasteiger partial charge in [0, 0.05) is 20.1 Å². The summed E-state index contributed by atoms with van der Waals surface area (Å²) in [4.78, 5) is 38.4. The molecule has 0 unspecified atom stereocenters. The van der Waals surface area contributed by atoms with Crippen LogP contribution in [0.4, 0.5) is 5.69 Å². The van der Waals surface area contributed by atoms with Crippen molar-refractivity contribution in [1.29, 1.82) is 0 Å². The average Bonchev–Trinajstić information content (AvgIpc) is 2.73. The number of benzene rings is 1. The van der Waals surface area contributed by atoms with Crippen molar-refractivity contribution in [2.45, 2.75) is 19.9 Å². The number of phenols is 1. The van der Waals surface area contributed by atoms with E-state index in [1.54, 1.807) is 13.1 Å². The van der Waals surface area contributed by atoms with Gasteiger partial charge in [-0.25, -0.2) is 0 Å². The van der Waals surface area contributed by atoms with E-state index in [-0.39, 0.29) is 39.7 Å². The molecule has 0 aromatic heterocycles. The Kier molecular flexibility index (Phi) is 4.84. The molecular weight excluding hydrogens is 334 g/mol. The van der Waals surface area contributed by atoms with Crippen LogP contribution in [0.2, 0.25) is 0 Å². The Hall–Kier alpha value is -2.54. The number of carbonyl (C=O) groups excluding carboxylic acids is 3.